The van der Waals surface area contributed by atoms with E-state index in [-0.39, 0.29) is 5.69 Å². The van der Waals surface area contributed by atoms with Gasteiger partial charge in [-0.15, -0.1) is 10.2 Å². The van der Waals surface area contributed by atoms with Crippen molar-refractivity contribution in [2.75, 3.05) is 4.72 Å². The van der Waals surface area contributed by atoms with Crippen molar-refractivity contribution in [3.05, 3.63) is 59.9 Å². The Kier molecular flexibility index (Phi) is 4.84. The molecule has 0 fully saturated rings. The number of nitrogens with zero attached hydrogens (tertiary/aromatic N) is 3. The molecule has 0 saturated carbocycles. The van der Waals surface area contributed by atoms with Gasteiger partial charge in [0.05, 0.1) is 4.90 Å². The fourth-order valence-corrected chi connectivity index (χ4v) is 4.41. The SMILES string of the molecule is O=S(=O)(Nc1cccc(-c2nnc3n2CCCCC3)c1)c1cc(F)cc(F)c1. The third kappa shape index (κ3) is 3.75. The topological polar surface area (TPSA) is 76.9 Å². The zero-order valence-electron chi connectivity index (χ0n) is 14.9. The van der Waals surface area contributed by atoms with Crippen molar-refractivity contribution in [2.45, 2.75) is 37.1 Å². The molecule has 146 valence electrons. The predicted molar refractivity (Wildman–Crippen MR) is 100 cm³/mol. The third-order valence-corrected chi connectivity index (χ3v) is 5.99. The maximum atomic E-state index is 13.4. The Morgan fingerprint density at radius 3 is 2.54 bits per heavy atom. The van der Waals surface area contributed by atoms with Crippen LogP contribution >= 0.6 is 0 Å². The molecule has 0 aliphatic carbocycles. The van der Waals surface area contributed by atoms with Gasteiger partial charge in [-0.1, -0.05) is 18.6 Å². The standard InChI is InChI=1S/C19H18F2N4O2S/c20-14-10-15(21)12-17(11-14)28(26,27)24-16-6-4-5-13(9-16)19-23-22-18-7-2-1-3-8-25(18)19/h4-6,9-12,24H,1-3,7-8H2. The first-order chi connectivity index (χ1) is 13.4. The van der Waals surface area contributed by atoms with Crippen molar-refractivity contribution in [3.63, 3.8) is 0 Å². The summed E-state index contributed by atoms with van der Waals surface area (Å²) in [6.45, 7) is 0.816. The lowest BCUT2D eigenvalue weighted by atomic mass is 10.2. The predicted octanol–water partition coefficient (Wildman–Crippen LogP) is 3.75. The molecule has 1 aromatic heterocycles. The van der Waals surface area contributed by atoms with E-state index in [1.54, 1.807) is 18.2 Å². The van der Waals surface area contributed by atoms with Crippen LogP contribution in [0.1, 0.15) is 25.1 Å². The molecule has 28 heavy (non-hydrogen) atoms. The molecule has 2 aromatic carbocycles. The van der Waals surface area contributed by atoms with Crippen LogP contribution in [0.15, 0.2) is 47.4 Å². The van der Waals surface area contributed by atoms with E-state index in [0.717, 1.165) is 50.2 Å². The van der Waals surface area contributed by atoms with Gasteiger partial charge >= 0.3 is 0 Å². The van der Waals surface area contributed by atoms with Gasteiger partial charge in [-0.05, 0) is 37.1 Å². The normalized spacial score (nSPS) is 14.4. The van der Waals surface area contributed by atoms with Crippen molar-refractivity contribution in [1.82, 2.24) is 14.8 Å². The summed E-state index contributed by atoms with van der Waals surface area (Å²) >= 11 is 0. The van der Waals surface area contributed by atoms with E-state index < -0.39 is 26.6 Å². The van der Waals surface area contributed by atoms with Gasteiger partial charge in [-0.2, -0.15) is 0 Å². The van der Waals surface area contributed by atoms with Crippen LogP contribution in [0.5, 0.6) is 0 Å². The lowest BCUT2D eigenvalue weighted by molar-refractivity contribution is 0.568. The summed E-state index contributed by atoms with van der Waals surface area (Å²) in [6.07, 6.45) is 4.11. The number of hydrogen-bond acceptors (Lipinski definition) is 4. The quantitative estimate of drug-likeness (QED) is 0.719. The molecule has 0 saturated heterocycles. The minimum atomic E-state index is -4.14. The number of benzene rings is 2. The van der Waals surface area contributed by atoms with Crippen molar-refractivity contribution in [3.8, 4) is 11.4 Å². The molecular weight excluding hydrogens is 386 g/mol. The molecule has 0 amide bonds. The van der Waals surface area contributed by atoms with E-state index in [0.29, 0.717) is 17.5 Å². The van der Waals surface area contributed by atoms with Crippen LogP contribution in [0, 0.1) is 11.6 Å². The number of rotatable bonds is 4. The Labute approximate surface area is 161 Å². The first-order valence-electron chi connectivity index (χ1n) is 8.94. The molecule has 0 bridgehead atoms. The molecule has 0 unspecified atom stereocenters. The number of fused-ring (bicyclic) bond motifs is 1. The van der Waals surface area contributed by atoms with Crippen molar-refractivity contribution >= 4 is 15.7 Å². The van der Waals surface area contributed by atoms with Crippen LogP contribution < -0.4 is 4.72 Å². The number of sulfonamides is 1. The fraction of sp³-hybridized carbons (Fsp3) is 0.263. The Hall–Kier alpha value is -2.81. The van der Waals surface area contributed by atoms with Gasteiger partial charge in [0.2, 0.25) is 0 Å². The summed E-state index contributed by atoms with van der Waals surface area (Å²) in [5.41, 5.74) is 0.986. The second-order valence-corrected chi connectivity index (χ2v) is 8.38. The average Bonchev–Trinajstić information content (AvgIpc) is 2.89. The molecule has 2 heterocycles. The highest BCUT2D eigenvalue weighted by Crippen LogP contribution is 2.26. The van der Waals surface area contributed by atoms with Crippen LogP contribution in [0.4, 0.5) is 14.5 Å². The van der Waals surface area contributed by atoms with Crippen LogP contribution in [0.25, 0.3) is 11.4 Å². The van der Waals surface area contributed by atoms with Crippen LogP contribution in [-0.2, 0) is 23.0 Å². The number of aromatic nitrogens is 3. The van der Waals surface area contributed by atoms with E-state index in [4.69, 9.17) is 0 Å². The summed E-state index contributed by atoms with van der Waals surface area (Å²) < 4.78 is 56.2. The van der Waals surface area contributed by atoms with E-state index in [1.165, 1.54) is 0 Å². The highest BCUT2D eigenvalue weighted by atomic mass is 32.2. The second kappa shape index (κ2) is 7.31. The first-order valence-corrected chi connectivity index (χ1v) is 10.4. The summed E-state index contributed by atoms with van der Waals surface area (Å²) in [7, 11) is -4.14. The molecule has 1 aliphatic rings. The Morgan fingerprint density at radius 1 is 0.964 bits per heavy atom. The summed E-state index contributed by atoms with van der Waals surface area (Å²) in [5, 5.41) is 8.52. The lowest BCUT2D eigenvalue weighted by Gasteiger charge is -2.11. The van der Waals surface area contributed by atoms with Gasteiger partial charge in [0.1, 0.15) is 17.5 Å². The maximum Gasteiger partial charge on any atom is 0.262 e. The molecule has 4 rings (SSSR count). The van der Waals surface area contributed by atoms with Gasteiger partial charge in [0.25, 0.3) is 10.0 Å². The number of nitrogens with one attached hydrogen (secondary N) is 1. The summed E-state index contributed by atoms with van der Waals surface area (Å²) in [4.78, 5) is -0.480. The maximum absolute atomic E-state index is 13.4. The molecule has 1 N–H and O–H groups in total. The van der Waals surface area contributed by atoms with Crippen LogP contribution in [0.2, 0.25) is 0 Å². The minimum Gasteiger partial charge on any atom is -0.311 e. The largest absolute Gasteiger partial charge is 0.311 e. The zero-order valence-corrected chi connectivity index (χ0v) is 15.7. The number of anilines is 1. The summed E-state index contributed by atoms with van der Waals surface area (Å²) in [6, 6.07) is 8.88. The van der Waals surface area contributed by atoms with Crippen molar-refractivity contribution in [1.29, 1.82) is 0 Å². The molecule has 0 spiro atoms. The highest BCUT2D eigenvalue weighted by molar-refractivity contribution is 7.92. The lowest BCUT2D eigenvalue weighted by Crippen LogP contribution is -2.13. The second-order valence-electron chi connectivity index (χ2n) is 6.69. The Bertz CT molecular complexity index is 1110. The van der Waals surface area contributed by atoms with Crippen LogP contribution in [-0.4, -0.2) is 23.2 Å². The monoisotopic (exact) mass is 404 g/mol. The van der Waals surface area contributed by atoms with E-state index in [9.17, 15) is 17.2 Å². The first kappa shape index (κ1) is 18.5. The number of halogens is 2. The Morgan fingerprint density at radius 2 is 1.75 bits per heavy atom. The van der Waals surface area contributed by atoms with Gasteiger partial charge in [0, 0.05) is 30.3 Å². The number of hydrogen-bond donors (Lipinski definition) is 1. The molecule has 3 aromatic rings. The number of aryl methyl sites for hydroxylation is 1. The molecule has 6 nitrogen and oxygen atoms in total. The van der Waals surface area contributed by atoms with Gasteiger partial charge in [0.15, 0.2) is 5.82 Å². The average molecular weight is 404 g/mol. The van der Waals surface area contributed by atoms with Crippen molar-refractivity contribution < 1.29 is 17.2 Å². The van der Waals surface area contributed by atoms with E-state index in [2.05, 4.69) is 19.5 Å². The van der Waals surface area contributed by atoms with Crippen LogP contribution in [0.3, 0.4) is 0 Å². The minimum absolute atomic E-state index is 0.271. The molecule has 0 atom stereocenters. The Balaban J connectivity index is 1.65. The molecular formula is C19H18F2N4O2S. The van der Waals surface area contributed by atoms with Gasteiger partial charge in [-0.25, -0.2) is 17.2 Å². The highest BCUT2D eigenvalue weighted by Gasteiger charge is 2.19. The van der Waals surface area contributed by atoms with Gasteiger partial charge in [-0.3, -0.25) is 4.72 Å². The zero-order chi connectivity index (χ0) is 19.7. The molecule has 0 radical (unpaired) electrons. The van der Waals surface area contributed by atoms with Crippen molar-refractivity contribution in [2.24, 2.45) is 0 Å². The molecule has 9 heteroatoms. The van der Waals surface area contributed by atoms with E-state index in [1.807, 2.05) is 6.07 Å². The smallest absolute Gasteiger partial charge is 0.262 e. The summed E-state index contributed by atoms with van der Waals surface area (Å²) in [5.74, 6) is -0.316. The fourth-order valence-electron chi connectivity index (χ4n) is 3.32. The molecule has 1 aliphatic heterocycles. The third-order valence-electron chi connectivity index (χ3n) is 4.63. The van der Waals surface area contributed by atoms with E-state index >= 15 is 0 Å². The van der Waals surface area contributed by atoms with Gasteiger partial charge < -0.3 is 4.57 Å².